The van der Waals surface area contributed by atoms with Gasteiger partial charge in [0.2, 0.25) is 0 Å². The fourth-order valence-corrected chi connectivity index (χ4v) is 3.82. The Morgan fingerprint density at radius 2 is 2.04 bits per heavy atom. The molecule has 1 aromatic carbocycles. The molecule has 1 amide bonds. The van der Waals surface area contributed by atoms with Gasteiger partial charge in [-0.2, -0.15) is 0 Å². The van der Waals surface area contributed by atoms with Gasteiger partial charge in [0.15, 0.2) is 0 Å². The SMILES string of the molecule is CC(C)(C)OC(=O)N1CCC2(CC(Nc3ccc(C(=O)O)cc3F)C2)C1. The Hall–Kier alpha value is -2.31. The maximum atomic E-state index is 14.0. The van der Waals surface area contributed by atoms with Crippen LogP contribution in [0.15, 0.2) is 18.2 Å². The molecule has 1 saturated heterocycles. The number of anilines is 1. The number of nitrogens with one attached hydrogen (secondary N) is 1. The van der Waals surface area contributed by atoms with E-state index in [4.69, 9.17) is 9.84 Å². The van der Waals surface area contributed by atoms with E-state index in [1.807, 2.05) is 20.8 Å². The van der Waals surface area contributed by atoms with Crippen LogP contribution < -0.4 is 5.32 Å². The number of aromatic carboxylic acids is 1. The zero-order chi connectivity index (χ0) is 19.1. The Bertz CT molecular complexity index is 723. The minimum absolute atomic E-state index is 0.0677. The summed E-state index contributed by atoms with van der Waals surface area (Å²) in [6.45, 7) is 6.91. The lowest BCUT2D eigenvalue weighted by molar-refractivity contribution is 0.0237. The molecule has 1 saturated carbocycles. The van der Waals surface area contributed by atoms with E-state index in [0.717, 1.165) is 25.3 Å². The molecule has 2 aliphatic rings. The monoisotopic (exact) mass is 364 g/mol. The van der Waals surface area contributed by atoms with Crippen LogP contribution >= 0.6 is 0 Å². The summed E-state index contributed by atoms with van der Waals surface area (Å²) >= 11 is 0. The van der Waals surface area contributed by atoms with E-state index < -0.39 is 17.4 Å². The standard InChI is InChI=1S/C19H25FN2O4/c1-18(2,3)26-17(25)22-7-6-19(11-22)9-13(10-19)21-15-5-4-12(16(23)24)8-14(15)20/h4-5,8,13,21H,6-7,9-11H2,1-3H3,(H,23,24). The van der Waals surface area contributed by atoms with E-state index in [1.165, 1.54) is 12.1 Å². The van der Waals surface area contributed by atoms with Crippen molar-refractivity contribution in [3.8, 4) is 0 Å². The van der Waals surface area contributed by atoms with Gasteiger partial charge in [-0.3, -0.25) is 0 Å². The lowest BCUT2D eigenvalue weighted by Gasteiger charge is -2.45. The molecule has 0 atom stereocenters. The number of carbonyl (C=O) groups excluding carboxylic acids is 1. The number of halogens is 1. The Balaban J connectivity index is 1.53. The average Bonchev–Trinajstić information content (AvgIpc) is 2.92. The number of ether oxygens (including phenoxy) is 1. The van der Waals surface area contributed by atoms with Gasteiger partial charge in [0.05, 0.1) is 11.3 Å². The van der Waals surface area contributed by atoms with Gasteiger partial charge in [-0.25, -0.2) is 14.0 Å². The second kappa shape index (κ2) is 6.45. The Labute approximate surface area is 152 Å². The van der Waals surface area contributed by atoms with Crippen molar-refractivity contribution in [3.05, 3.63) is 29.6 Å². The predicted octanol–water partition coefficient (Wildman–Crippen LogP) is 3.73. The molecule has 1 spiro atoms. The molecule has 2 N–H and O–H groups in total. The van der Waals surface area contributed by atoms with E-state index >= 15 is 0 Å². The number of hydrogen-bond acceptors (Lipinski definition) is 4. The average molecular weight is 364 g/mol. The summed E-state index contributed by atoms with van der Waals surface area (Å²) in [5, 5.41) is 12.0. The van der Waals surface area contributed by atoms with E-state index in [2.05, 4.69) is 5.32 Å². The zero-order valence-corrected chi connectivity index (χ0v) is 15.3. The first-order valence-corrected chi connectivity index (χ1v) is 8.84. The first-order valence-electron chi connectivity index (χ1n) is 8.84. The van der Waals surface area contributed by atoms with Crippen LogP contribution in [0.25, 0.3) is 0 Å². The Morgan fingerprint density at radius 1 is 1.35 bits per heavy atom. The molecule has 1 aromatic rings. The number of likely N-dealkylation sites (tertiary alicyclic amines) is 1. The number of nitrogens with zero attached hydrogens (tertiary/aromatic N) is 1. The smallest absolute Gasteiger partial charge is 0.410 e. The largest absolute Gasteiger partial charge is 0.478 e. The summed E-state index contributed by atoms with van der Waals surface area (Å²) in [5.41, 5.74) is -0.179. The highest BCUT2D eigenvalue weighted by atomic mass is 19.1. The van der Waals surface area contributed by atoms with Crippen molar-refractivity contribution < 1.29 is 23.8 Å². The third-order valence-electron chi connectivity index (χ3n) is 5.02. The number of hydrogen-bond donors (Lipinski definition) is 2. The van der Waals surface area contributed by atoms with E-state index in [9.17, 15) is 14.0 Å². The fourth-order valence-electron chi connectivity index (χ4n) is 3.82. The highest BCUT2D eigenvalue weighted by Gasteiger charge is 2.50. The zero-order valence-electron chi connectivity index (χ0n) is 15.3. The molecule has 3 rings (SSSR count). The van der Waals surface area contributed by atoms with Gasteiger partial charge >= 0.3 is 12.1 Å². The normalized spacial score (nSPS) is 25.1. The van der Waals surface area contributed by atoms with Crippen molar-refractivity contribution in [3.63, 3.8) is 0 Å². The number of carboxylic acid groups (broad SMARTS) is 1. The third-order valence-corrected chi connectivity index (χ3v) is 5.02. The van der Waals surface area contributed by atoms with E-state index in [-0.39, 0.29) is 23.1 Å². The lowest BCUT2D eigenvalue weighted by atomic mass is 9.65. The molecule has 26 heavy (non-hydrogen) atoms. The van der Waals surface area contributed by atoms with Crippen LogP contribution in [0.2, 0.25) is 0 Å². The molecule has 1 heterocycles. The van der Waals surface area contributed by atoms with Crippen molar-refractivity contribution in [2.75, 3.05) is 18.4 Å². The molecule has 1 aliphatic heterocycles. The molecular formula is C19H25FN2O4. The first kappa shape index (κ1) is 18.5. The second-order valence-corrected chi connectivity index (χ2v) is 8.40. The number of benzene rings is 1. The number of rotatable bonds is 3. The summed E-state index contributed by atoms with van der Waals surface area (Å²) in [6, 6.07) is 4.01. The summed E-state index contributed by atoms with van der Waals surface area (Å²) in [4.78, 5) is 24.8. The summed E-state index contributed by atoms with van der Waals surface area (Å²) < 4.78 is 19.5. The molecule has 142 valence electrons. The molecule has 6 nitrogen and oxygen atoms in total. The molecule has 0 radical (unpaired) electrons. The van der Waals surface area contributed by atoms with Crippen LogP contribution in [-0.2, 0) is 4.74 Å². The predicted molar refractivity (Wildman–Crippen MR) is 94.9 cm³/mol. The summed E-state index contributed by atoms with van der Waals surface area (Å²) in [7, 11) is 0. The van der Waals surface area contributed by atoms with Crippen molar-refractivity contribution in [1.82, 2.24) is 4.90 Å². The molecule has 2 fully saturated rings. The van der Waals surface area contributed by atoms with Crippen LogP contribution in [0.5, 0.6) is 0 Å². The Kier molecular flexibility index (Phi) is 4.58. The topological polar surface area (TPSA) is 78.9 Å². The van der Waals surface area contributed by atoms with Crippen LogP contribution in [-0.4, -0.2) is 46.8 Å². The quantitative estimate of drug-likeness (QED) is 0.854. The van der Waals surface area contributed by atoms with E-state index in [1.54, 1.807) is 4.90 Å². The van der Waals surface area contributed by atoms with Crippen molar-refractivity contribution in [2.24, 2.45) is 5.41 Å². The van der Waals surface area contributed by atoms with Gasteiger partial charge in [-0.1, -0.05) is 0 Å². The summed E-state index contributed by atoms with van der Waals surface area (Å²) in [5.74, 6) is -1.71. The lowest BCUT2D eigenvalue weighted by Crippen LogP contribution is -2.47. The van der Waals surface area contributed by atoms with Crippen LogP contribution in [0, 0.1) is 11.2 Å². The third kappa shape index (κ3) is 3.92. The molecule has 0 bridgehead atoms. The number of amides is 1. The van der Waals surface area contributed by atoms with Gasteiger partial charge in [-0.15, -0.1) is 0 Å². The number of carbonyl (C=O) groups is 2. The molecule has 7 heteroatoms. The van der Waals surface area contributed by atoms with Crippen LogP contribution in [0.3, 0.4) is 0 Å². The van der Waals surface area contributed by atoms with Crippen LogP contribution in [0.1, 0.15) is 50.4 Å². The van der Waals surface area contributed by atoms with E-state index in [0.29, 0.717) is 18.8 Å². The highest BCUT2D eigenvalue weighted by Crippen LogP contribution is 2.49. The number of carboxylic acids is 1. The van der Waals surface area contributed by atoms with Gasteiger partial charge in [-0.05, 0) is 63.6 Å². The fraction of sp³-hybridized carbons (Fsp3) is 0.579. The maximum absolute atomic E-state index is 14.0. The van der Waals surface area contributed by atoms with Crippen molar-refractivity contribution in [2.45, 2.75) is 51.7 Å². The van der Waals surface area contributed by atoms with Gasteiger partial charge in [0.1, 0.15) is 11.4 Å². The van der Waals surface area contributed by atoms with Gasteiger partial charge in [0, 0.05) is 19.1 Å². The van der Waals surface area contributed by atoms with Gasteiger partial charge in [0.25, 0.3) is 0 Å². The van der Waals surface area contributed by atoms with Gasteiger partial charge < -0.3 is 20.1 Å². The van der Waals surface area contributed by atoms with Crippen LogP contribution in [0.4, 0.5) is 14.9 Å². The van der Waals surface area contributed by atoms with Crippen molar-refractivity contribution in [1.29, 1.82) is 0 Å². The minimum Gasteiger partial charge on any atom is -0.478 e. The Morgan fingerprint density at radius 3 is 2.62 bits per heavy atom. The van der Waals surface area contributed by atoms with Crippen molar-refractivity contribution >= 4 is 17.7 Å². The minimum atomic E-state index is -1.15. The molecule has 1 aliphatic carbocycles. The second-order valence-electron chi connectivity index (χ2n) is 8.40. The molecule has 0 unspecified atom stereocenters. The molecular weight excluding hydrogens is 339 g/mol. The summed E-state index contributed by atoms with van der Waals surface area (Å²) in [6.07, 6.45) is 2.35. The first-order chi connectivity index (χ1) is 12.1. The highest BCUT2D eigenvalue weighted by molar-refractivity contribution is 5.88. The maximum Gasteiger partial charge on any atom is 0.410 e. The molecule has 0 aromatic heterocycles.